The van der Waals surface area contributed by atoms with E-state index in [0.717, 1.165) is 0 Å². The van der Waals surface area contributed by atoms with Crippen molar-refractivity contribution in [1.82, 2.24) is 0 Å². The second kappa shape index (κ2) is 4.96. The fraction of sp³-hybridized carbons (Fsp3) is 0. The van der Waals surface area contributed by atoms with Gasteiger partial charge in [0.2, 0.25) is 0 Å². The van der Waals surface area contributed by atoms with E-state index < -0.39 is 0 Å². The first-order valence-electron chi connectivity index (χ1n) is 5.06. The van der Waals surface area contributed by atoms with Crippen molar-refractivity contribution in [2.24, 2.45) is 0 Å². The van der Waals surface area contributed by atoms with Crippen molar-refractivity contribution in [3.05, 3.63) is 70.8 Å². The molecule has 2 aromatic rings. The maximum Gasteiger partial charge on any atom is 0.194 e. The van der Waals surface area contributed by atoms with Crippen LogP contribution < -0.4 is 0 Å². The average Bonchev–Trinajstić information content (AvgIpc) is 2.36. The van der Waals surface area contributed by atoms with Gasteiger partial charge in [-0.1, -0.05) is 48.5 Å². The number of rotatable bonds is 0. The van der Waals surface area contributed by atoms with E-state index in [2.05, 4.69) is 0 Å². The standard InChI is InChI=1S/C14H8O2.K/c15-13-9-5-1-2-6-10(9)14(16)12-8-4-3-7-11(12)13;/h1-8H;. The van der Waals surface area contributed by atoms with Crippen molar-refractivity contribution in [2.45, 2.75) is 0 Å². The van der Waals surface area contributed by atoms with Crippen LogP contribution >= 0.6 is 0 Å². The second-order valence-electron chi connectivity index (χ2n) is 3.75. The van der Waals surface area contributed by atoms with Crippen LogP contribution in [0.4, 0.5) is 0 Å². The summed E-state index contributed by atoms with van der Waals surface area (Å²) in [5, 5.41) is 0. The molecule has 0 heterocycles. The zero-order valence-corrected chi connectivity index (χ0v) is 12.6. The van der Waals surface area contributed by atoms with Crippen LogP contribution in [0.15, 0.2) is 48.5 Å². The monoisotopic (exact) mass is 247 g/mol. The van der Waals surface area contributed by atoms with E-state index in [-0.39, 0.29) is 63.0 Å². The van der Waals surface area contributed by atoms with Gasteiger partial charge in [-0.25, -0.2) is 0 Å². The molecule has 0 saturated heterocycles. The van der Waals surface area contributed by atoms with Crippen LogP contribution in [-0.4, -0.2) is 63.0 Å². The van der Waals surface area contributed by atoms with Gasteiger partial charge in [-0.3, -0.25) is 9.59 Å². The molecule has 0 unspecified atom stereocenters. The number of hydrogen-bond acceptors (Lipinski definition) is 2. The molecule has 2 nitrogen and oxygen atoms in total. The van der Waals surface area contributed by atoms with Crippen LogP contribution in [0.3, 0.4) is 0 Å². The minimum atomic E-state index is -0.0641. The molecule has 0 spiro atoms. The Morgan fingerprint density at radius 3 is 1.00 bits per heavy atom. The number of ketones is 2. The molecular formula is C14H8KO2. The van der Waals surface area contributed by atoms with Crippen LogP contribution in [0, 0.1) is 0 Å². The van der Waals surface area contributed by atoms with E-state index in [9.17, 15) is 9.59 Å². The summed E-state index contributed by atoms with van der Waals surface area (Å²) in [4.78, 5) is 24.2. The molecule has 0 saturated carbocycles. The van der Waals surface area contributed by atoms with E-state index in [0.29, 0.717) is 22.3 Å². The molecule has 0 aliphatic heterocycles. The molecule has 1 aliphatic carbocycles. The summed E-state index contributed by atoms with van der Waals surface area (Å²) in [5.74, 6) is -0.128. The third-order valence-corrected chi connectivity index (χ3v) is 2.83. The van der Waals surface area contributed by atoms with E-state index in [1.54, 1.807) is 48.5 Å². The van der Waals surface area contributed by atoms with Gasteiger partial charge in [0.25, 0.3) is 0 Å². The molecule has 77 valence electrons. The van der Waals surface area contributed by atoms with Crippen molar-refractivity contribution in [3.63, 3.8) is 0 Å². The van der Waals surface area contributed by atoms with Crippen LogP contribution in [0.2, 0.25) is 0 Å². The molecule has 1 aliphatic rings. The van der Waals surface area contributed by atoms with E-state index >= 15 is 0 Å². The summed E-state index contributed by atoms with van der Waals surface area (Å²) in [6.07, 6.45) is 0. The smallest absolute Gasteiger partial charge is 0.194 e. The second-order valence-corrected chi connectivity index (χ2v) is 3.75. The topological polar surface area (TPSA) is 34.1 Å². The van der Waals surface area contributed by atoms with Crippen LogP contribution in [0.25, 0.3) is 0 Å². The van der Waals surface area contributed by atoms with E-state index in [1.165, 1.54) is 0 Å². The SMILES string of the molecule is O=C1c2ccccc2C(=O)c2ccccc21.[K]. The minimum absolute atomic E-state index is 0. The normalized spacial score (nSPS) is 12.5. The zero-order valence-electron chi connectivity index (χ0n) is 9.44. The Labute approximate surface area is 141 Å². The Morgan fingerprint density at radius 1 is 0.529 bits per heavy atom. The zero-order chi connectivity index (χ0) is 11.1. The Hall–Kier alpha value is -0.584. The summed E-state index contributed by atoms with van der Waals surface area (Å²) in [5.41, 5.74) is 2.02. The Kier molecular flexibility index (Phi) is 3.75. The third kappa shape index (κ3) is 1.98. The van der Waals surface area contributed by atoms with E-state index in [4.69, 9.17) is 0 Å². The molecule has 0 atom stereocenters. The number of fused-ring (bicyclic) bond motifs is 2. The van der Waals surface area contributed by atoms with Gasteiger partial charge >= 0.3 is 0 Å². The van der Waals surface area contributed by atoms with Gasteiger partial charge in [-0.15, -0.1) is 0 Å². The van der Waals surface area contributed by atoms with Crippen LogP contribution in [0.5, 0.6) is 0 Å². The largest absolute Gasteiger partial charge is 0.289 e. The Morgan fingerprint density at radius 2 is 0.765 bits per heavy atom. The Balaban J connectivity index is 0.00000108. The summed E-state index contributed by atoms with van der Waals surface area (Å²) in [7, 11) is 0. The van der Waals surface area contributed by atoms with Gasteiger partial charge in [0.15, 0.2) is 11.6 Å². The number of hydrogen-bond donors (Lipinski definition) is 0. The average molecular weight is 247 g/mol. The molecule has 0 N–H and O–H groups in total. The van der Waals surface area contributed by atoms with Gasteiger partial charge in [0, 0.05) is 73.6 Å². The molecule has 3 heteroatoms. The fourth-order valence-corrected chi connectivity index (χ4v) is 2.05. The molecule has 0 aromatic heterocycles. The van der Waals surface area contributed by atoms with Gasteiger partial charge in [-0.2, -0.15) is 0 Å². The molecule has 17 heavy (non-hydrogen) atoms. The maximum absolute atomic E-state index is 12.1. The minimum Gasteiger partial charge on any atom is -0.289 e. The van der Waals surface area contributed by atoms with Gasteiger partial charge in [-0.05, 0) is 0 Å². The van der Waals surface area contributed by atoms with Crippen LogP contribution in [0.1, 0.15) is 31.8 Å². The number of carbonyl (C=O) groups is 2. The summed E-state index contributed by atoms with van der Waals surface area (Å²) in [6, 6.07) is 13.9. The molecular weight excluding hydrogens is 239 g/mol. The molecule has 3 rings (SSSR count). The first-order valence-corrected chi connectivity index (χ1v) is 5.06. The Bertz CT molecular complexity index is 512. The van der Waals surface area contributed by atoms with Gasteiger partial charge in [0.1, 0.15) is 0 Å². The quantitative estimate of drug-likeness (QED) is 0.570. The predicted molar refractivity (Wildman–Crippen MR) is 65.5 cm³/mol. The molecule has 0 fully saturated rings. The molecule has 1 radical (unpaired) electrons. The van der Waals surface area contributed by atoms with Gasteiger partial charge < -0.3 is 0 Å². The maximum atomic E-state index is 12.1. The number of carbonyl (C=O) groups excluding carboxylic acids is 2. The summed E-state index contributed by atoms with van der Waals surface area (Å²) < 4.78 is 0. The first-order chi connectivity index (χ1) is 7.79. The summed E-state index contributed by atoms with van der Waals surface area (Å²) >= 11 is 0. The number of benzene rings is 2. The molecule has 2 aromatic carbocycles. The van der Waals surface area contributed by atoms with E-state index in [1.807, 2.05) is 0 Å². The van der Waals surface area contributed by atoms with Crippen molar-refractivity contribution < 1.29 is 9.59 Å². The van der Waals surface area contributed by atoms with Crippen molar-refractivity contribution in [3.8, 4) is 0 Å². The first kappa shape index (κ1) is 12.9. The summed E-state index contributed by atoms with van der Waals surface area (Å²) in [6.45, 7) is 0. The predicted octanol–water partition coefficient (Wildman–Crippen LogP) is 2.08. The molecule has 0 bridgehead atoms. The van der Waals surface area contributed by atoms with Crippen molar-refractivity contribution in [2.75, 3.05) is 0 Å². The van der Waals surface area contributed by atoms with Crippen molar-refractivity contribution >= 4 is 63.0 Å². The molecule has 0 amide bonds. The third-order valence-electron chi connectivity index (χ3n) is 2.83. The van der Waals surface area contributed by atoms with Crippen molar-refractivity contribution in [1.29, 1.82) is 0 Å². The van der Waals surface area contributed by atoms with Crippen LogP contribution in [-0.2, 0) is 0 Å². The fourth-order valence-electron chi connectivity index (χ4n) is 2.05. The van der Waals surface area contributed by atoms with Gasteiger partial charge in [0.05, 0.1) is 0 Å².